The van der Waals surface area contributed by atoms with Crippen molar-refractivity contribution in [2.24, 2.45) is 11.7 Å². The Labute approximate surface area is 126 Å². The Balaban J connectivity index is 1.89. The summed E-state index contributed by atoms with van der Waals surface area (Å²) in [7, 11) is 0. The molecule has 6 heteroatoms. The molecule has 0 bridgehead atoms. The zero-order valence-electron chi connectivity index (χ0n) is 13.1. The minimum absolute atomic E-state index is 0.00323. The number of nitrogens with zero attached hydrogens (tertiary/aromatic N) is 3. The Morgan fingerprint density at radius 3 is 2.38 bits per heavy atom. The van der Waals surface area contributed by atoms with Gasteiger partial charge in [-0.15, -0.1) is 0 Å². The van der Waals surface area contributed by atoms with Crippen molar-refractivity contribution < 1.29 is 4.79 Å². The van der Waals surface area contributed by atoms with Crippen LogP contribution in [0.2, 0.25) is 0 Å². The molecule has 6 nitrogen and oxygen atoms in total. The maximum atomic E-state index is 11.2. The monoisotopic (exact) mass is 291 g/mol. The molecule has 1 fully saturated rings. The summed E-state index contributed by atoms with van der Waals surface area (Å²) < 4.78 is 0. The number of nitrogens with two attached hydrogens (primary N) is 1. The van der Waals surface area contributed by atoms with E-state index in [9.17, 15) is 4.79 Å². The number of hydrogen-bond acceptors (Lipinski definition) is 5. The number of aromatic nitrogens is 2. The van der Waals surface area contributed by atoms with Crippen LogP contribution >= 0.6 is 0 Å². The van der Waals surface area contributed by atoms with Crippen LogP contribution in [0.25, 0.3) is 0 Å². The van der Waals surface area contributed by atoms with Crippen LogP contribution in [-0.4, -0.2) is 34.5 Å². The van der Waals surface area contributed by atoms with Gasteiger partial charge in [0.1, 0.15) is 0 Å². The molecule has 0 saturated carbocycles. The number of carbonyl (C=O) groups excluding carboxylic acids is 1. The molecule has 2 heterocycles. The molecule has 1 saturated heterocycles. The predicted octanol–water partition coefficient (Wildman–Crippen LogP) is 1.07. The molecule has 1 aromatic rings. The largest absolute Gasteiger partial charge is 0.369 e. The topological polar surface area (TPSA) is 84.1 Å². The van der Waals surface area contributed by atoms with Gasteiger partial charge in [0.05, 0.1) is 0 Å². The van der Waals surface area contributed by atoms with Crippen molar-refractivity contribution >= 4 is 11.9 Å². The lowest BCUT2D eigenvalue weighted by Gasteiger charge is -2.30. The Bertz CT molecular complexity index is 472. The molecule has 1 amide bonds. The van der Waals surface area contributed by atoms with Crippen LogP contribution in [0.5, 0.6) is 0 Å². The van der Waals surface area contributed by atoms with Gasteiger partial charge in [-0.3, -0.25) is 4.79 Å². The predicted molar refractivity (Wildman–Crippen MR) is 82.8 cm³/mol. The number of carbonyl (C=O) groups is 1. The maximum absolute atomic E-state index is 11.2. The lowest BCUT2D eigenvalue weighted by atomic mass is 9.96. The number of anilines is 1. The van der Waals surface area contributed by atoms with Gasteiger partial charge < -0.3 is 16.0 Å². The van der Waals surface area contributed by atoms with Gasteiger partial charge in [0.2, 0.25) is 11.9 Å². The molecule has 2 rings (SSSR count). The Kier molecular flexibility index (Phi) is 4.77. The van der Waals surface area contributed by atoms with Crippen molar-refractivity contribution in [3.63, 3.8) is 0 Å². The average Bonchev–Trinajstić information content (AvgIpc) is 2.45. The fourth-order valence-corrected chi connectivity index (χ4v) is 2.33. The summed E-state index contributed by atoms with van der Waals surface area (Å²) in [5.41, 5.74) is 6.49. The first-order valence-electron chi connectivity index (χ1n) is 7.45. The summed E-state index contributed by atoms with van der Waals surface area (Å²) in [5.74, 6) is 0.535. The third-order valence-corrected chi connectivity index (χ3v) is 3.69. The van der Waals surface area contributed by atoms with Gasteiger partial charge in [-0.1, -0.05) is 0 Å². The number of piperidine rings is 1. The quantitative estimate of drug-likeness (QED) is 0.867. The van der Waals surface area contributed by atoms with Crippen LogP contribution < -0.4 is 16.0 Å². The Hall–Kier alpha value is -1.69. The van der Waals surface area contributed by atoms with Crippen LogP contribution in [0.4, 0.5) is 5.95 Å². The van der Waals surface area contributed by atoms with Gasteiger partial charge >= 0.3 is 0 Å². The van der Waals surface area contributed by atoms with Crippen LogP contribution in [-0.2, 0) is 11.3 Å². The first-order valence-corrected chi connectivity index (χ1v) is 7.45. The summed E-state index contributed by atoms with van der Waals surface area (Å²) in [6.45, 7) is 8.72. The molecule has 0 aromatic carbocycles. The van der Waals surface area contributed by atoms with Crippen molar-refractivity contribution in [1.29, 1.82) is 0 Å². The van der Waals surface area contributed by atoms with E-state index >= 15 is 0 Å². The molecule has 1 aliphatic heterocycles. The SMILES string of the molecule is CC(C)(C)NCc1cnc(N2CCC(C(N)=O)CC2)nc1. The average molecular weight is 291 g/mol. The highest BCUT2D eigenvalue weighted by Crippen LogP contribution is 2.20. The number of hydrogen-bond donors (Lipinski definition) is 2. The highest BCUT2D eigenvalue weighted by Gasteiger charge is 2.24. The van der Waals surface area contributed by atoms with E-state index in [4.69, 9.17) is 5.73 Å². The van der Waals surface area contributed by atoms with Crippen LogP contribution in [0.15, 0.2) is 12.4 Å². The number of rotatable bonds is 4. The van der Waals surface area contributed by atoms with E-state index in [1.165, 1.54) is 0 Å². The summed E-state index contributed by atoms with van der Waals surface area (Å²) in [6, 6.07) is 0. The zero-order chi connectivity index (χ0) is 15.5. The standard InChI is InChI=1S/C15H25N5O/c1-15(2,3)19-10-11-8-17-14(18-9-11)20-6-4-12(5-7-20)13(16)21/h8-9,12,19H,4-7,10H2,1-3H3,(H2,16,21). The van der Waals surface area contributed by atoms with Crippen molar-refractivity contribution in [3.8, 4) is 0 Å². The van der Waals surface area contributed by atoms with Gasteiger partial charge in [0, 0.05) is 49.0 Å². The highest BCUT2D eigenvalue weighted by molar-refractivity contribution is 5.76. The smallest absolute Gasteiger partial charge is 0.225 e. The molecule has 1 aromatic heterocycles. The van der Waals surface area contributed by atoms with Crippen molar-refractivity contribution in [2.75, 3.05) is 18.0 Å². The van der Waals surface area contributed by atoms with E-state index < -0.39 is 0 Å². The van der Waals surface area contributed by atoms with Gasteiger partial charge in [0.15, 0.2) is 0 Å². The number of primary amides is 1. The first-order chi connectivity index (χ1) is 9.85. The number of amides is 1. The van der Waals surface area contributed by atoms with Gasteiger partial charge in [0.25, 0.3) is 0 Å². The molecule has 0 unspecified atom stereocenters. The molecule has 1 aliphatic rings. The molecular formula is C15H25N5O. The lowest BCUT2D eigenvalue weighted by molar-refractivity contribution is -0.122. The van der Waals surface area contributed by atoms with E-state index in [2.05, 4.69) is 41.0 Å². The van der Waals surface area contributed by atoms with Gasteiger partial charge in [-0.2, -0.15) is 0 Å². The van der Waals surface area contributed by atoms with Crippen LogP contribution in [0.1, 0.15) is 39.2 Å². The van der Waals surface area contributed by atoms with E-state index in [1.54, 1.807) is 0 Å². The van der Waals surface area contributed by atoms with Crippen molar-refractivity contribution in [3.05, 3.63) is 18.0 Å². The fourth-order valence-electron chi connectivity index (χ4n) is 2.33. The molecular weight excluding hydrogens is 266 g/mol. The number of nitrogens with one attached hydrogen (secondary N) is 1. The second kappa shape index (κ2) is 6.39. The van der Waals surface area contributed by atoms with E-state index in [-0.39, 0.29) is 17.4 Å². The first kappa shape index (κ1) is 15.7. The highest BCUT2D eigenvalue weighted by atomic mass is 16.1. The summed E-state index contributed by atoms with van der Waals surface area (Å²) >= 11 is 0. The van der Waals surface area contributed by atoms with Crippen molar-refractivity contribution in [1.82, 2.24) is 15.3 Å². The molecule has 116 valence electrons. The molecule has 0 atom stereocenters. The van der Waals surface area contributed by atoms with E-state index in [1.807, 2.05) is 12.4 Å². The normalized spacial score (nSPS) is 17.0. The van der Waals surface area contributed by atoms with E-state index in [0.717, 1.165) is 44.0 Å². The van der Waals surface area contributed by atoms with Crippen LogP contribution in [0, 0.1) is 5.92 Å². The minimum atomic E-state index is -0.195. The summed E-state index contributed by atoms with van der Waals surface area (Å²) in [6.07, 6.45) is 5.29. The molecule has 0 radical (unpaired) electrons. The third-order valence-electron chi connectivity index (χ3n) is 3.69. The van der Waals surface area contributed by atoms with Crippen molar-refractivity contribution in [2.45, 2.75) is 45.7 Å². The second-order valence-corrected chi connectivity index (χ2v) is 6.66. The third kappa shape index (κ3) is 4.67. The van der Waals surface area contributed by atoms with Gasteiger partial charge in [-0.25, -0.2) is 9.97 Å². The molecule has 0 aliphatic carbocycles. The Morgan fingerprint density at radius 2 is 1.90 bits per heavy atom. The van der Waals surface area contributed by atoms with E-state index in [0.29, 0.717) is 0 Å². The van der Waals surface area contributed by atoms with Gasteiger partial charge in [-0.05, 0) is 33.6 Å². The second-order valence-electron chi connectivity index (χ2n) is 6.66. The fraction of sp³-hybridized carbons (Fsp3) is 0.667. The minimum Gasteiger partial charge on any atom is -0.369 e. The molecule has 21 heavy (non-hydrogen) atoms. The van der Waals surface area contributed by atoms with Crippen LogP contribution in [0.3, 0.4) is 0 Å². The summed E-state index contributed by atoms with van der Waals surface area (Å²) in [5, 5.41) is 3.41. The Morgan fingerprint density at radius 1 is 1.33 bits per heavy atom. The summed E-state index contributed by atoms with van der Waals surface area (Å²) in [4.78, 5) is 22.1. The maximum Gasteiger partial charge on any atom is 0.225 e. The molecule has 3 N–H and O–H groups in total. The zero-order valence-corrected chi connectivity index (χ0v) is 13.1. The molecule has 0 spiro atoms. The lowest BCUT2D eigenvalue weighted by Crippen LogP contribution is -2.39.